The number of anilines is 1. The van der Waals surface area contributed by atoms with E-state index in [4.69, 9.17) is 11.2 Å². The molecule has 1 rings (SSSR count). The lowest BCUT2D eigenvalue weighted by Crippen LogP contribution is -2.13. The van der Waals surface area contributed by atoms with Gasteiger partial charge in [0.05, 0.1) is 0 Å². The molecule has 1 N–H and O–H groups in total. The number of hydrogen-bond donors (Lipinski definition) is 1. The van der Waals surface area contributed by atoms with Crippen LogP contribution < -0.4 is 10.1 Å². The van der Waals surface area contributed by atoms with Crippen molar-refractivity contribution < 1.29 is 13.5 Å². The number of aromatic nitrogens is 1. The number of terminal acetylenes is 1. The van der Waals surface area contributed by atoms with Crippen molar-refractivity contribution in [3.05, 3.63) is 17.7 Å². The van der Waals surface area contributed by atoms with Crippen LogP contribution in [0.2, 0.25) is 0 Å². The van der Waals surface area contributed by atoms with Crippen molar-refractivity contribution in [2.24, 2.45) is 0 Å². The van der Waals surface area contributed by atoms with Crippen molar-refractivity contribution >= 4 is 5.82 Å². The van der Waals surface area contributed by atoms with Gasteiger partial charge in [0.25, 0.3) is 5.88 Å². The first kappa shape index (κ1) is 13.2. The van der Waals surface area contributed by atoms with Crippen LogP contribution in [-0.4, -0.2) is 17.6 Å². The summed E-state index contributed by atoms with van der Waals surface area (Å²) in [5.74, 6) is 0.322. The maximum atomic E-state index is 13.3. The molecule has 0 saturated heterocycles. The minimum absolute atomic E-state index is 0.0347. The molecule has 1 heterocycles. The van der Waals surface area contributed by atoms with Gasteiger partial charge in [0.15, 0.2) is 23.6 Å². The van der Waals surface area contributed by atoms with Crippen LogP contribution in [0.25, 0.3) is 0 Å². The predicted octanol–water partition coefficient (Wildman–Crippen LogP) is 2.58. The summed E-state index contributed by atoms with van der Waals surface area (Å²) in [6, 6.07) is 0.726. The minimum Gasteiger partial charge on any atom is -0.459 e. The molecule has 0 aromatic carbocycles. The van der Waals surface area contributed by atoms with Crippen molar-refractivity contribution in [2.75, 3.05) is 11.9 Å². The molecule has 92 valence electrons. The highest BCUT2D eigenvalue weighted by atomic mass is 19.1. The fraction of sp³-hybridized carbons (Fsp3) is 0.417. The van der Waals surface area contributed by atoms with Gasteiger partial charge in [-0.1, -0.05) is 12.8 Å². The molecular formula is C12H14F2N2O. The summed E-state index contributed by atoms with van der Waals surface area (Å²) in [6.45, 7) is 4.04. The molecule has 0 radical (unpaired) electrons. The average molecular weight is 240 g/mol. The number of nitrogens with one attached hydrogen (secondary N) is 1. The number of nitrogens with zero attached hydrogens (tertiary/aromatic N) is 1. The van der Waals surface area contributed by atoms with Gasteiger partial charge in [0.2, 0.25) is 0 Å². The Morgan fingerprint density at radius 1 is 1.53 bits per heavy atom. The predicted molar refractivity (Wildman–Crippen MR) is 61.9 cm³/mol. The van der Waals surface area contributed by atoms with E-state index < -0.39 is 17.7 Å². The van der Waals surface area contributed by atoms with Gasteiger partial charge in [-0.25, -0.2) is 8.78 Å². The van der Waals surface area contributed by atoms with Crippen molar-refractivity contribution in [3.63, 3.8) is 0 Å². The molecule has 0 aliphatic rings. The van der Waals surface area contributed by atoms with Gasteiger partial charge < -0.3 is 10.1 Å². The Morgan fingerprint density at radius 3 is 2.82 bits per heavy atom. The van der Waals surface area contributed by atoms with Crippen LogP contribution in [0, 0.1) is 24.0 Å². The van der Waals surface area contributed by atoms with Gasteiger partial charge in [0, 0.05) is 12.6 Å². The molecule has 1 atom stereocenters. The molecule has 17 heavy (non-hydrogen) atoms. The van der Waals surface area contributed by atoms with E-state index in [9.17, 15) is 8.78 Å². The second kappa shape index (κ2) is 6.04. The highest BCUT2D eigenvalue weighted by Crippen LogP contribution is 2.21. The molecule has 0 amide bonds. The van der Waals surface area contributed by atoms with E-state index in [2.05, 4.69) is 16.2 Å². The summed E-state index contributed by atoms with van der Waals surface area (Å²) in [4.78, 5) is 3.72. The van der Waals surface area contributed by atoms with Crippen molar-refractivity contribution in [2.45, 2.75) is 26.4 Å². The SMILES string of the molecule is C#CC(C)Oc1nc(NCCC)c(F)cc1F. The normalized spacial score (nSPS) is 11.7. The fourth-order valence-electron chi connectivity index (χ4n) is 1.10. The van der Waals surface area contributed by atoms with Gasteiger partial charge in [-0.3, -0.25) is 0 Å². The Kier molecular flexibility index (Phi) is 4.70. The molecule has 0 bridgehead atoms. The molecule has 0 aliphatic heterocycles. The maximum absolute atomic E-state index is 13.3. The number of halogens is 2. The minimum atomic E-state index is -0.869. The number of rotatable bonds is 5. The third-order valence-corrected chi connectivity index (χ3v) is 1.96. The van der Waals surface area contributed by atoms with E-state index in [0.717, 1.165) is 12.5 Å². The van der Waals surface area contributed by atoms with Gasteiger partial charge in [-0.05, 0) is 13.3 Å². The first-order valence-electron chi connectivity index (χ1n) is 5.31. The Labute approximate surface area is 99.2 Å². The third-order valence-electron chi connectivity index (χ3n) is 1.96. The van der Waals surface area contributed by atoms with E-state index >= 15 is 0 Å². The fourth-order valence-corrected chi connectivity index (χ4v) is 1.10. The first-order valence-corrected chi connectivity index (χ1v) is 5.31. The zero-order valence-corrected chi connectivity index (χ0v) is 9.76. The van der Waals surface area contributed by atoms with E-state index in [0.29, 0.717) is 6.54 Å². The van der Waals surface area contributed by atoms with Crippen molar-refractivity contribution in [3.8, 4) is 18.2 Å². The molecule has 5 heteroatoms. The molecule has 0 saturated carbocycles. The van der Waals surface area contributed by atoms with Gasteiger partial charge in [-0.2, -0.15) is 4.98 Å². The standard InChI is InChI=1S/C12H14F2N2O/c1-4-6-15-11-9(13)7-10(14)12(16-11)17-8(3)5-2/h2,7-8H,4,6H2,1,3H3,(H,15,16). The quantitative estimate of drug-likeness (QED) is 0.803. The van der Waals surface area contributed by atoms with Crippen LogP contribution in [0.3, 0.4) is 0 Å². The number of pyridine rings is 1. The summed E-state index contributed by atoms with van der Waals surface area (Å²) < 4.78 is 31.7. The van der Waals surface area contributed by atoms with Crippen LogP contribution in [0.1, 0.15) is 20.3 Å². The summed E-state index contributed by atoms with van der Waals surface area (Å²) in [6.07, 6.45) is 5.28. The molecule has 1 aromatic heterocycles. The average Bonchev–Trinajstić information content (AvgIpc) is 2.30. The number of hydrogen-bond acceptors (Lipinski definition) is 3. The zero-order valence-electron chi connectivity index (χ0n) is 9.76. The van der Waals surface area contributed by atoms with Gasteiger partial charge in [-0.15, -0.1) is 6.42 Å². The molecular weight excluding hydrogens is 226 g/mol. The molecule has 3 nitrogen and oxygen atoms in total. The summed E-state index contributed by atoms with van der Waals surface area (Å²) in [7, 11) is 0. The van der Waals surface area contributed by atoms with Crippen LogP contribution in [0.15, 0.2) is 6.07 Å². The molecule has 0 fully saturated rings. The lowest BCUT2D eigenvalue weighted by Gasteiger charge is -2.11. The lowest BCUT2D eigenvalue weighted by atomic mass is 10.4. The lowest BCUT2D eigenvalue weighted by molar-refractivity contribution is 0.253. The monoisotopic (exact) mass is 240 g/mol. The summed E-state index contributed by atoms with van der Waals surface area (Å²) in [5.41, 5.74) is 0. The molecule has 1 aromatic rings. The summed E-state index contributed by atoms with van der Waals surface area (Å²) >= 11 is 0. The topological polar surface area (TPSA) is 34.1 Å². The Morgan fingerprint density at radius 2 is 2.24 bits per heavy atom. The zero-order chi connectivity index (χ0) is 12.8. The van der Waals surface area contributed by atoms with E-state index in [1.54, 1.807) is 6.92 Å². The Bertz CT molecular complexity index is 429. The van der Waals surface area contributed by atoms with E-state index in [1.807, 2.05) is 6.92 Å². The van der Waals surface area contributed by atoms with Crippen molar-refractivity contribution in [1.82, 2.24) is 4.98 Å². The first-order chi connectivity index (χ1) is 8.08. The summed E-state index contributed by atoms with van der Waals surface area (Å²) in [5, 5.41) is 2.74. The number of ether oxygens (including phenoxy) is 1. The molecule has 0 spiro atoms. The van der Waals surface area contributed by atoms with E-state index in [1.165, 1.54) is 0 Å². The molecule has 1 unspecified atom stereocenters. The van der Waals surface area contributed by atoms with Gasteiger partial charge in [0.1, 0.15) is 0 Å². The third kappa shape index (κ3) is 3.59. The Hall–Kier alpha value is -1.83. The van der Waals surface area contributed by atoms with Crippen LogP contribution >= 0.6 is 0 Å². The second-order valence-corrected chi connectivity index (χ2v) is 3.46. The Balaban J connectivity index is 2.94. The van der Waals surface area contributed by atoms with Crippen LogP contribution in [0.5, 0.6) is 5.88 Å². The molecule has 0 aliphatic carbocycles. The van der Waals surface area contributed by atoms with E-state index in [-0.39, 0.29) is 11.7 Å². The largest absolute Gasteiger partial charge is 0.459 e. The second-order valence-electron chi connectivity index (χ2n) is 3.46. The maximum Gasteiger partial charge on any atom is 0.253 e. The highest BCUT2D eigenvalue weighted by molar-refractivity contribution is 5.39. The van der Waals surface area contributed by atoms with Crippen molar-refractivity contribution in [1.29, 1.82) is 0 Å². The van der Waals surface area contributed by atoms with Crippen LogP contribution in [-0.2, 0) is 0 Å². The highest BCUT2D eigenvalue weighted by Gasteiger charge is 2.14. The smallest absolute Gasteiger partial charge is 0.253 e. The van der Waals surface area contributed by atoms with Crippen LogP contribution in [0.4, 0.5) is 14.6 Å². The van der Waals surface area contributed by atoms with Gasteiger partial charge >= 0.3 is 0 Å².